The summed E-state index contributed by atoms with van der Waals surface area (Å²) in [5.41, 5.74) is -1.20. The highest BCUT2D eigenvalue weighted by Gasteiger charge is 2.58. The van der Waals surface area contributed by atoms with Crippen LogP contribution in [-0.4, -0.2) is 17.8 Å². The van der Waals surface area contributed by atoms with Gasteiger partial charge < -0.3 is 14.7 Å². The fourth-order valence-electron chi connectivity index (χ4n) is 4.53. The summed E-state index contributed by atoms with van der Waals surface area (Å²) < 4.78 is 114. The molecule has 0 bridgehead atoms. The van der Waals surface area contributed by atoms with Crippen molar-refractivity contribution in [1.82, 2.24) is 0 Å². The van der Waals surface area contributed by atoms with Gasteiger partial charge in [0.1, 0.15) is 5.75 Å². The van der Waals surface area contributed by atoms with Gasteiger partial charge in [-0.05, 0) is 66.1 Å². The molecule has 234 valence electrons. The molecule has 2 unspecified atom stereocenters. The number of halogens is 9. The Kier molecular flexibility index (Phi) is 9.80. The lowest BCUT2D eigenvalue weighted by atomic mass is 10.0. The smallest absolute Gasteiger partial charge is 0.458 e. The van der Waals surface area contributed by atoms with E-state index < -0.39 is 41.7 Å². The zero-order valence-corrected chi connectivity index (χ0v) is 23.8. The zero-order chi connectivity index (χ0) is 32.3. The van der Waals surface area contributed by atoms with Crippen LogP contribution in [0.4, 0.5) is 40.8 Å². The van der Waals surface area contributed by atoms with Gasteiger partial charge in [0.05, 0.1) is 18.2 Å². The lowest BCUT2D eigenvalue weighted by Crippen LogP contribution is -2.37. The zero-order valence-electron chi connectivity index (χ0n) is 23.0. The fourth-order valence-corrected chi connectivity index (χ4v) is 4.78. The van der Waals surface area contributed by atoms with Crippen LogP contribution in [0.15, 0.2) is 97.1 Å². The van der Waals surface area contributed by atoms with Crippen molar-refractivity contribution in [3.63, 3.8) is 0 Å². The highest BCUT2D eigenvalue weighted by atomic mass is 35.5. The molecule has 0 radical (unpaired) electrons. The lowest BCUT2D eigenvalue weighted by molar-refractivity contribution is -0.289. The average Bonchev–Trinajstić information content (AvgIpc) is 2.99. The van der Waals surface area contributed by atoms with Gasteiger partial charge in [0.15, 0.2) is 6.23 Å². The molecule has 4 aromatic rings. The van der Waals surface area contributed by atoms with Gasteiger partial charge in [0.2, 0.25) is 0 Å². The van der Waals surface area contributed by atoms with Crippen molar-refractivity contribution in [2.75, 3.05) is 11.4 Å². The normalized spacial score (nSPS) is 13.8. The lowest BCUT2D eigenvalue weighted by Gasteiger charge is -2.36. The second-order valence-electron chi connectivity index (χ2n) is 9.90. The number of benzene rings is 4. The molecular formula is C32H26ClF8NO2. The Morgan fingerprint density at radius 3 is 2.00 bits per heavy atom. The minimum Gasteiger partial charge on any atom is -0.466 e. The molecule has 0 saturated heterocycles. The minimum absolute atomic E-state index is 0.106. The summed E-state index contributed by atoms with van der Waals surface area (Å²) in [5.74, 6) is -4.98. The van der Waals surface area contributed by atoms with Gasteiger partial charge in [-0.15, -0.1) is 0 Å². The van der Waals surface area contributed by atoms with Crippen molar-refractivity contribution in [1.29, 1.82) is 0 Å². The molecular weight excluding hydrogens is 618 g/mol. The first kappa shape index (κ1) is 33.1. The minimum atomic E-state index is -5.87. The van der Waals surface area contributed by atoms with Crippen LogP contribution in [0.2, 0.25) is 5.02 Å². The van der Waals surface area contributed by atoms with E-state index in [1.807, 2.05) is 6.92 Å². The predicted molar refractivity (Wildman–Crippen MR) is 151 cm³/mol. The van der Waals surface area contributed by atoms with Crippen LogP contribution >= 0.6 is 11.6 Å². The van der Waals surface area contributed by atoms with E-state index in [0.717, 1.165) is 30.3 Å². The van der Waals surface area contributed by atoms with Gasteiger partial charge in [-0.3, -0.25) is 0 Å². The van der Waals surface area contributed by atoms with E-state index in [4.69, 9.17) is 16.3 Å². The first-order valence-electron chi connectivity index (χ1n) is 13.3. The summed E-state index contributed by atoms with van der Waals surface area (Å²) in [6, 6.07) is 20.3. The van der Waals surface area contributed by atoms with E-state index in [0.29, 0.717) is 34.8 Å². The third-order valence-electron chi connectivity index (χ3n) is 6.90. The summed E-state index contributed by atoms with van der Waals surface area (Å²) >= 11 is 6.24. The molecule has 1 N–H and O–H groups in total. The Morgan fingerprint density at radius 1 is 0.750 bits per heavy atom. The summed E-state index contributed by atoms with van der Waals surface area (Å²) in [6.45, 7) is 1.48. The number of para-hydroxylation sites is 1. The molecule has 0 spiro atoms. The standard InChI is InChI=1S/C32H26ClF8NO2/c1-2-20-18-26(15-16-27(20)33)44-29(22-7-6-8-24(17-22)30(34,35)32(39,40)41)42(25-9-4-3-5-10-25)19-28(43)21-11-13-23(14-12-21)31(36,37)38/h3-18,28-29,43H,2,19H2,1H3. The number of hydrogen-bond donors (Lipinski definition) is 1. The van der Waals surface area contributed by atoms with Crippen LogP contribution in [0.1, 0.15) is 47.1 Å². The number of aliphatic hydroxyl groups excluding tert-OH is 1. The van der Waals surface area contributed by atoms with Crippen molar-refractivity contribution in [2.45, 2.75) is 44.0 Å². The van der Waals surface area contributed by atoms with E-state index in [2.05, 4.69) is 0 Å². The highest BCUT2D eigenvalue weighted by Crippen LogP contribution is 2.45. The number of aryl methyl sites for hydroxylation is 1. The van der Waals surface area contributed by atoms with Gasteiger partial charge in [-0.25, -0.2) is 0 Å². The molecule has 3 nitrogen and oxygen atoms in total. The van der Waals surface area contributed by atoms with Crippen LogP contribution in [0, 0.1) is 0 Å². The molecule has 0 aromatic heterocycles. The first-order chi connectivity index (χ1) is 20.6. The maximum Gasteiger partial charge on any atom is 0.458 e. The summed E-state index contributed by atoms with van der Waals surface area (Å²) in [4.78, 5) is 1.42. The number of alkyl halides is 8. The Balaban J connectivity index is 1.83. The van der Waals surface area contributed by atoms with Crippen molar-refractivity contribution in [3.8, 4) is 5.75 Å². The molecule has 0 aliphatic heterocycles. The second-order valence-corrected chi connectivity index (χ2v) is 10.3. The van der Waals surface area contributed by atoms with Crippen molar-refractivity contribution < 1.29 is 45.0 Å². The molecule has 0 aliphatic rings. The Morgan fingerprint density at radius 2 is 1.41 bits per heavy atom. The maximum absolute atomic E-state index is 14.4. The van der Waals surface area contributed by atoms with Crippen LogP contribution < -0.4 is 9.64 Å². The van der Waals surface area contributed by atoms with E-state index >= 15 is 0 Å². The number of rotatable bonds is 10. The van der Waals surface area contributed by atoms with Gasteiger partial charge in [0, 0.05) is 21.8 Å². The van der Waals surface area contributed by atoms with Crippen LogP contribution in [0.25, 0.3) is 0 Å². The summed E-state index contributed by atoms with van der Waals surface area (Å²) in [5, 5.41) is 11.6. The van der Waals surface area contributed by atoms with Crippen LogP contribution in [0.5, 0.6) is 5.75 Å². The van der Waals surface area contributed by atoms with E-state index in [1.54, 1.807) is 42.5 Å². The van der Waals surface area contributed by atoms with E-state index in [9.17, 15) is 40.2 Å². The Bertz CT molecular complexity index is 1540. The topological polar surface area (TPSA) is 32.7 Å². The average molecular weight is 644 g/mol. The van der Waals surface area contributed by atoms with Gasteiger partial charge in [-0.1, -0.05) is 67.1 Å². The highest BCUT2D eigenvalue weighted by molar-refractivity contribution is 6.31. The molecule has 44 heavy (non-hydrogen) atoms. The number of aliphatic hydroxyl groups is 1. The largest absolute Gasteiger partial charge is 0.466 e. The number of nitrogens with zero attached hydrogens (tertiary/aromatic N) is 1. The first-order valence-corrected chi connectivity index (χ1v) is 13.7. The third-order valence-corrected chi connectivity index (χ3v) is 7.27. The van der Waals surface area contributed by atoms with Crippen LogP contribution in [-0.2, 0) is 18.5 Å². The van der Waals surface area contributed by atoms with E-state index in [1.165, 1.54) is 17.0 Å². The quantitative estimate of drug-likeness (QED) is 0.138. The summed E-state index contributed by atoms with van der Waals surface area (Å²) in [7, 11) is 0. The molecule has 0 amide bonds. The molecule has 0 fully saturated rings. The monoisotopic (exact) mass is 643 g/mol. The van der Waals surface area contributed by atoms with Crippen LogP contribution in [0.3, 0.4) is 0 Å². The molecule has 4 aromatic carbocycles. The Labute approximate surface area is 253 Å². The Hall–Kier alpha value is -3.83. The number of ether oxygens (including phenoxy) is 1. The van der Waals surface area contributed by atoms with Gasteiger partial charge in [0.25, 0.3) is 0 Å². The fraction of sp³-hybridized carbons (Fsp3) is 0.250. The molecule has 12 heteroatoms. The van der Waals surface area contributed by atoms with Crippen molar-refractivity contribution in [2.24, 2.45) is 0 Å². The second kappa shape index (κ2) is 13.0. The molecule has 0 heterocycles. The molecule has 0 saturated carbocycles. The molecule has 2 atom stereocenters. The third kappa shape index (κ3) is 7.44. The van der Waals surface area contributed by atoms with Gasteiger partial charge >= 0.3 is 18.3 Å². The van der Waals surface area contributed by atoms with Crippen molar-refractivity contribution >= 4 is 17.3 Å². The molecule has 4 rings (SSSR count). The molecule has 0 aliphatic carbocycles. The number of hydrogen-bond acceptors (Lipinski definition) is 3. The van der Waals surface area contributed by atoms with E-state index in [-0.39, 0.29) is 23.4 Å². The maximum atomic E-state index is 14.4. The number of anilines is 1. The van der Waals surface area contributed by atoms with Crippen molar-refractivity contribution in [3.05, 3.63) is 130 Å². The summed E-state index contributed by atoms with van der Waals surface area (Å²) in [6.07, 6.45) is -12.8. The predicted octanol–water partition coefficient (Wildman–Crippen LogP) is 9.89. The van der Waals surface area contributed by atoms with Gasteiger partial charge in [-0.2, -0.15) is 35.1 Å². The SMILES string of the molecule is CCc1cc(OC(c2cccc(C(F)(F)C(F)(F)F)c2)N(CC(O)c2ccc(C(F)(F)F)cc2)c2ccccc2)ccc1Cl.